The number of para-hydroxylation sites is 2. The normalized spacial score (nSPS) is 13.0. The molecule has 0 amide bonds. The minimum absolute atomic E-state index is 0. The van der Waals surface area contributed by atoms with Gasteiger partial charge in [-0.2, -0.15) is 0 Å². The van der Waals surface area contributed by atoms with E-state index in [-0.39, 0.29) is 12.4 Å². The van der Waals surface area contributed by atoms with Gasteiger partial charge in [-0.3, -0.25) is 9.98 Å². The molecule has 0 spiro atoms. The molecule has 2 nitrogen and oxygen atoms in total. The summed E-state index contributed by atoms with van der Waals surface area (Å²) in [7, 11) is 0. The van der Waals surface area contributed by atoms with Gasteiger partial charge < -0.3 is 0 Å². The second-order valence-corrected chi connectivity index (χ2v) is 2.35. The standard InChI is InChI=1S/C9H8N2.ClH/c1-2-5-9-8(4-1)10-6-3-7-11-9;/h1-2,4-7H,3H2;1H. The molecule has 1 heterocycles. The van der Waals surface area contributed by atoms with Gasteiger partial charge in [-0.1, -0.05) is 12.1 Å². The number of nitrogens with zero attached hydrogens (tertiary/aromatic N) is 2. The van der Waals surface area contributed by atoms with Crippen LogP contribution in [0.1, 0.15) is 6.42 Å². The van der Waals surface area contributed by atoms with E-state index in [9.17, 15) is 0 Å². The van der Waals surface area contributed by atoms with E-state index in [0.29, 0.717) is 0 Å². The summed E-state index contributed by atoms with van der Waals surface area (Å²) >= 11 is 0. The van der Waals surface area contributed by atoms with Gasteiger partial charge in [-0.05, 0) is 12.1 Å². The number of fused-ring (bicyclic) bond motifs is 1. The molecule has 1 aliphatic heterocycles. The fourth-order valence-electron chi connectivity index (χ4n) is 1.03. The average Bonchev–Trinajstić information content (AvgIpc) is 2.28. The molecule has 0 unspecified atom stereocenters. The van der Waals surface area contributed by atoms with Crippen LogP contribution in [0.2, 0.25) is 0 Å². The fraction of sp³-hybridized carbons (Fsp3) is 0.111. The first-order valence-electron chi connectivity index (χ1n) is 3.61. The predicted molar refractivity (Wildman–Crippen MR) is 54.6 cm³/mol. The summed E-state index contributed by atoms with van der Waals surface area (Å²) in [5, 5.41) is 0. The lowest BCUT2D eigenvalue weighted by Crippen LogP contribution is -1.70. The molecule has 0 fully saturated rings. The molecule has 0 N–H and O–H groups in total. The van der Waals surface area contributed by atoms with E-state index in [4.69, 9.17) is 0 Å². The van der Waals surface area contributed by atoms with E-state index in [0.717, 1.165) is 17.8 Å². The van der Waals surface area contributed by atoms with Crippen LogP contribution in [0, 0.1) is 0 Å². The van der Waals surface area contributed by atoms with Gasteiger partial charge in [0.25, 0.3) is 0 Å². The van der Waals surface area contributed by atoms with Gasteiger partial charge in [0, 0.05) is 18.9 Å². The van der Waals surface area contributed by atoms with Crippen LogP contribution in [-0.2, 0) is 0 Å². The molecule has 0 atom stereocenters. The molecule has 62 valence electrons. The maximum atomic E-state index is 4.24. The Labute approximate surface area is 77.5 Å². The van der Waals surface area contributed by atoms with Crippen molar-refractivity contribution < 1.29 is 0 Å². The van der Waals surface area contributed by atoms with Crippen LogP contribution in [0.5, 0.6) is 0 Å². The summed E-state index contributed by atoms with van der Waals surface area (Å²) in [5.41, 5.74) is 1.92. The van der Waals surface area contributed by atoms with Crippen LogP contribution in [0.3, 0.4) is 0 Å². The highest BCUT2D eigenvalue weighted by Gasteiger charge is 1.97. The van der Waals surface area contributed by atoms with E-state index >= 15 is 0 Å². The Balaban J connectivity index is 0.000000720. The van der Waals surface area contributed by atoms with Crippen molar-refractivity contribution in [2.75, 3.05) is 0 Å². The molecular formula is C9H9ClN2. The van der Waals surface area contributed by atoms with Gasteiger partial charge in [0.15, 0.2) is 0 Å². The number of hydrogen-bond acceptors (Lipinski definition) is 2. The molecule has 0 bridgehead atoms. The molecule has 0 saturated heterocycles. The molecule has 12 heavy (non-hydrogen) atoms. The zero-order valence-electron chi connectivity index (χ0n) is 6.47. The highest BCUT2D eigenvalue weighted by atomic mass is 35.5. The van der Waals surface area contributed by atoms with Crippen molar-refractivity contribution in [2.24, 2.45) is 9.98 Å². The van der Waals surface area contributed by atoms with Gasteiger partial charge in [-0.15, -0.1) is 12.4 Å². The van der Waals surface area contributed by atoms with Crippen molar-refractivity contribution in [1.29, 1.82) is 0 Å². The monoisotopic (exact) mass is 180 g/mol. The predicted octanol–water partition coefficient (Wildman–Crippen LogP) is 2.92. The zero-order valence-corrected chi connectivity index (χ0v) is 7.29. The molecule has 0 radical (unpaired) electrons. The van der Waals surface area contributed by atoms with Gasteiger partial charge in [0.1, 0.15) is 0 Å². The smallest absolute Gasteiger partial charge is 0.0882 e. The van der Waals surface area contributed by atoms with Crippen LogP contribution < -0.4 is 0 Å². The van der Waals surface area contributed by atoms with Gasteiger partial charge in [0.2, 0.25) is 0 Å². The molecular weight excluding hydrogens is 172 g/mol. The highest BCUT2D eigenvalue weighted by Crippen LogP contribution is 2.27. The Bertz CT molecular complexity index is 287. The van der Waals surface area contributed by atoms with Crippen LogP contribution in [0.25, 0.3) is 0 Å². The summed E-state index contributed by atoms with van der Waals surface area (Å²) in [4.78, 5) is 8.47. The Kier molecular flexibility index (Phi) is 3.00. The Morgan fingerprint density at radius 3 is 1.92 bits per heavy atom. The third-order valence-corrected chi connectivity index (χ3v) is 1.55. The summed E-state index contributed by atoms with van der Waals surface area (Å²) in [6.45, 7) is 0. The molecule has 0 aliphatic carbocycles. The summed E-state index contributed by atoms with van der Waals surface area (Å²) in [6.07, 6.45) is 4.57. The molecule has 1 aromatic carbocycles. The van der Waals surface area contributed by atoms with E-state index in [1.54, 1.807) is 0 Å². The molecule has 0 aromatic heterocycles. The van der Waals surface area contributed by atoms with Crippen LogP contribution >= 0.6 is 12.4 Å². The van der Waals surface area contributed by atoms with Gasteiger partial charge in [-0.25, -0.2) is 0 Å². The first kappa shape index (κ1) is 8.94. The van der Waals surface area contributed by atoms with Crippen molar-refractivity contribution in [3.8, 4) is 0 Å². The van der Waals surface area contributed by atoms with E-state index < -0.39 is 0 Å². The lowest BCUT2D eigenvalue weighted by Gasteiger charge is -1.94. The maximum absolute atomic E-state index is 4.24. The third kappa shape index (κ3) is 1.71. The SMILES string of the molecule is C1=Nc2ccccc2N=CC1.Cl. The number of rotatable bonds is 0. The van der Waals surface area contributed by atoms with Gasteiger partial charge in [0.05, 0.1) is 11.4 Å². The Hall–Kier alpha value is -1.15. The number of halogens is 1. The van der Waals surface area contributed by atoms with E-state index in [1.807, 2.05) is 36.7 Å². The van der Waals surface area contributed by atoms with Crippen molar-refractivity contribution in [2.45, 2.75) is 6.42 Å². The van der Waals surface area contributed by atoms with Crippen molar-refractivity contribution in [3.63, 3.8) is 0 Å². The van der Waals surface area contributed by atoms with Crippen LogP contribution in [-0.4, -0.2) is 12.4 Å². The third-order valence-electron chi connectivity index (χ3n) is 1.55. The van der Waals surface area contributed by atoms with E-state index in [1.165, 1.54) is 0 Å². The largest absolute Gasteiger partial charge is 0.259 e. The van der Waals surface area contributed by atoms with Crippen molar-refractivity contribution in [3.05, 3.63) is 24.3 Å². The van der Waals surface area contributed by atoms with Crippen molar-refractivity contribution >= 4 is 36.2 Å². The number of hydrogen-bond donors (Lipinski definition) is 0. The second-order valence-electron chi connectivity index (χ2n) is 2.35. The molecule has 2 rings (SSSR count). The molecule has 1 aliphatic rings. The minimum atomic E-state index is 0. The van der Waals surface area contributed by atoms with Crippen molar-refractivity contribution in [1.82, 2.24) is 0 Å². The number of aliphatic imine (C=N–C) groups is 2. The Morgan fingerprint density at radius 1 is 0.917 bits per heavy atom. The summed E-state index contributed by atoms with van der Waals surface area (Å²) in [5.74, 6) is 0. The highest BCUT2D eigenvalue weighted by molar-refractivity contribution is 5.87. The van der Waals surface area contributed by atoms with Gasteiger partial charge >= 0.3 is 0 Å². The quantitative estimate of drug-likeness (QED) is 0.587. The van der Waals surface area contributed by atoms with Crippen LogP contribution in [0.4, 0.5) is 11.4 Å². The Morgan fingerprint density at radius 2 is 1.42 bits per heavy atom. The first-order valence-corrected chi connectivity index (χ1v) is 3.61. The maximum Gasteiger partial charge on any atom is 0.0882 e. The zero-order chi connectivity index (χ0) is 7.52. The molecule has 0 saturated carbocycles. The lowest BCUT2D eigenvalue weighted by molar-refractivity contribution is 1.48. The minimum Gasteiger partial charge on any atom is -0.259 e. The average molecular weight is 181 g/mol. The summed E-state index contributed by atoms with van der Waals surface area (Å²) < 4.78 is 0. The molecule has 3 heteroatoms. The van der Waals surface area contributed by atoms with Crippen LogP contribution in [0.15, 0.2) is 34.3 Å². The second kappa shape index (κ2) is 4.02. The molecule has 1 aromatic rings. The summed E-state index contributed by atoms with van der Waals surface area (Å²) in [6, 6.07) is 7.87. The first-order chi connectivity index (χ1) is 5.47. The number of benzene rings is 1. The topological polar surface area (TPSA) is 24.7 Å². The fourth-order valence-corrected chi connectivity index (χ4v) is 1.03. The van der Waals surface area contributed by atoms with E-state index in [2.05, 4.69) is 9.98 Å². The lowest BCUT2D eigenvalue weighted by atomic mass is 10.3.